The second-order valence-electron chi connectivity index (χ2n) is 6.60. The molecule has 1 amide bonds. The van der Waals surface area contributed by atoms with Gasteiger partial charge in [-0.2, -0.15) is 5.10 Å². The third-order valence-corrected chi connectivity index (χ3v) is 5.43. The van der Waals surface area contributed by atoms with Crippen LogP contribution < -0.4 is 5.32 Å². The third-order valence-electron chi connectivity index (χ3n) is 4.34. The van der Waals surface area contributed by atoms with Gasteiger partial charge in [0.15, 0.2) is 0 Å². The van der Waals surface area contributed by atoms with Gasteiger partial charge in [0.1, 0.15) is 5.82 Å². The molecule has 3 heterocycles. The largest absolute Gasteiger partial charge is 0.310 e. The maximum absolute atomic E-state index is 12.3. The number of rotatable bonds is 4. The van der Waals surface area contributed by atoms with E-state index in [-0.39, 0.29) is 11.8 Å². The minimum atomic E-state index is 0.0396. The van der Waals surface area contributed by atoms with Crippen LogP contribution in [0.3, 0.4) is 0 Å². The van der Waals surface area contributed by atoms with Crippen molar-refractivity contribution in [1.29, 1.82) is 0 Å². The zero-order valence-electron chi connectivity index (χ0n) is 14.3. The Labute approximate surface area is 150 Å². The molecule has 5 nitrogen and oxygen atoms in total. The van der Waals surface area contributed by atoms with Crippen LogP contribution in [0, 0.1) is 0 Å². The van der Waals surface area contributed by atoms with Gasteiger partial charge in [0.25, 0.3) is 0 Å². The molecule has 2 aromatic heterocycles. The lowest BCUT2D eigenvalue weighted by Gasteiger charge is -2.22. The van der Waals surface area contributed by atoms with E-state index in [1.54, 1.807) is 11.3 Å². The zero-order valence-corrected chi connectivity index (χ0v) is 15.1. The van der Waals surface area contributed by atoms with Crippen molar-refractivity contribution in [1.82, 2.24) is 14.7 Å². The fourth-order valence-electron chi connectivity index (χ4n) is 3.26. The number of nitrogens with one attached hydrogen (secondary N) is 1. The van der Waals surface area contributed by atoms with Crippen molar-refractivity contribution < 1.29 is 4.79 Å². The molecule has 0 fully saturated rings. The summed E-state index contributed by atoms with van der Waals surface area (Å²) in [7, 11) is 4.13. The molecule has 1 aliphatic heterocycles. The predicted molar refractivity (Wildman–Crippen MR) is 100 cm³/mol. The molecular weight excluding hydrogens is 332 g/mol. The minimum Gasteiger partial charge on any atom is -0.310 e. The molecular formula is C19H20N4OS. The number of hydrogen-bond donors (Lipinski definition) is 1. The Morgan fingerprint density at radius 2 is 2.12 bits per heavy atom. The average molecular weight is 352 g/mol. The number of nitrogens with zero attached hydrogens (tertiary/aromatic N) is 3. The maximum Gasteiger partial charge on any atom is 0.226 e. The number of carbonyl (C=O) groups is 1. The first-order chi connectivity index (χ1) is 12.1. The van der Waals surface area contributed by atoms with Gasteiger partial charge in [-0.1, -0.05) is 18.2 Å². The molecule has 0 saturated heterocycles. The number of carbonyl (C=O) groups excluding carboxylic acids is 1. The van der Waals surface area contributed by atoms with Gasteiger partial charge in [0.2, 0.25) is 5.91 Å². The van der Waals surface area contributed by atoms with E-state index in [2.05, 4.69) is 40.9 Å². The summed E-state index contributed by atoms with van der Waals surface area (Å²) in [6, 6.07) is 12.1. The van der Waals surface area contributed by atoms with E-state index >= 15 is 0 Å². The van der Waals surface area contributed by atoms with E-state index in [0.29, 0.717) is 6.42 Å². The van der Waals surface area contributed by atoms with Crippen LogP contribution in [0.4, 0.5) is 5.82 Å². The summed E-state index contributed by atoms with van der Waals surface area (Å²) in [5, 5.41) is 9.72. The van der Waals surface area contributed by atoms with Crippen LogP contribution in [0.2, 0.25) is 0 Å². The lowest BCUT2D eigenvalue weighted by atomic mass is 9.92. The fraction of sp³-hybridized carbons (Fsp3) is 0.263. The van der Waals surface area contributed by atoms with Crippen LogP contribution in [0.15, 0.2) is 48.0 Å². The summed E-state index contributed by atoms with van der Waals surface area (Å²) in [4.78, 5) is 15.7. The molecule has 128 valence electrons. The van der Waals surface area contributed by atoms with Crippen molar-refractivity contribution in [2.75, 3.05) is 19.4 Å². The number of benzene rings is 1. The van der Waals surface area contributed by atoms with Crippen LogP contribution in [0.25, 0.3) is 5.69 Å². The predicted octanol–water partition coefficient (Wildman–Crippen LogP) is 3.47. The molecule has 0 bridgehead atoms. The molecule has 25 heavy (non-hydrogen) atoms. The van der Waals surface area contributed by atoms with Crippen molar-refractivity contribution in [3.63, 3.8) is 0 Å². The first kappa shape index (κ1) is 16.1. The highest BCUT2D eigenvalue weighted by atomic mass is 32.1. The molecule has 3 aromatic rings. The van der Waals surface area contributed by atoms with Gasteiger partial charge >= 0.3 is 0 Å². The fourth-order valence-corrected chi connectivity index (χ4v) is 4.29. The van der Waals surface area contributed by atoms with E-state index in [4.69, 9.17) is 0 Å². The Bertz CT molecular complexity index is 897. The molecule has 4 rings (SSSR count). The molecule has 0 spiro atoms. The van der Waals surface area contributed by atoms with E-state index in [1.807, 2.05) is 41.2 Å². The van der Waals surface area contributed by atoms with Crippen molar-refractivity contribution in [3.8, 4) is 5.69 Å². The van der Waals surface area contributed by atoms with Gasteiger partial charge in [-0.05, 0) is 43.2 Å². The molecule has 1 atom stereocenters. The highest BCUT2D eigenvalue weighted by Crippen LogP contribution is 2.40. The number of hydrogen-bond acceptors (Lipinski definition) is 4. The van der Waals surface area contributed by atoms with Gasteiger partial charge in [-0.15, -0.1) is 11.3 Å². The standard InChI is InChI=1S/C19H20N4OS/c1-22(2)11-13-8-17(25-12-13)15-9-18(24)21-19-16(15)10-20-23(19)14-6-4-3-5-7-14/h3-8,10,12,15H,9,11H2,1-2H3,(H,21,24). The lowest BCUT2D eigenvalue weighted by Crippen LogP contribution is -2.24. The number of aromatic nitrogens is 2. The highest BCUT2D eigenvalue weighted by Gasteiger charge is 2.31. The SMILES string of the molecule is CN(C)Cc1csc(C2CC(=O)Nc3c2cnn3-c2ccccc2)c1. The average Bonchev–Trinajstić information content (AvgIpc) is 3.21. The monoisotopic (exact) mass is 352 g/mol. The third kappa shape index (κ3) is 3.10. The van der Waals surface area contributed by atoms with Gasteiger partial charge in [-0.3, -0.25) is 4.79 Å². The van der Waals surface area contributed by atoms with Crippen LogP contribution in [0.5, 0.6) is 0 Å². The van der Waals surface area contributed by atoms with E-state index < -0.39 is 0 Å². The summed E-state index contributed by atoms with van der Waals surface area (Å²) in [5.41, 5.74) is 3.32. The van der Waals surface area contributed by atoms with Crippen LogP contribution in [-0.4, -0.2) is 34.7 Å². The molecule has 1 N–H and O–H groups in total. The normalized spacial score (nSPS) is 16.8. The quantitative estimate of drug-likeness (QED) is 0.782. The Morgan fingerprint density at radius 3 is 2.88 bits per heavy atom. The smallest absolute Gasteiger partial charge is 0.226 e. The van der Waals surface area contributed by atoms with Gasteiger partial charge in [0, 0.05) is 29.3 Å². The molecule has 0 radical (unpaired) electrons. The van der Waals surface area contributed by atoms with Crippen molar-refractivity contribution in [2.45, 2.75) is 18.9 Å². The topological polar surface area (TPSA) is 50.2 Å². The lowest BCUT2D eigenvalue weighted by molar-refractivity contribution is -0.116. The first-order valence-corrected chi connectivity index (χ1v) is 9.15. The second-order valence-corrected chi connectivity index (χ2v) is 7.54. The first-order valence-electron chi connectivity index (χ1n) is 8.27. The molecule has 1 unspecified atom stereocenters. The van der Waals surface area contributed by atoms with Crippen molar-refractivity contribution in [2.24, 2.45) is 0 Å². The number of thiophene rings is 1. The Balaban J connectivity index is 1.72. The summed E-state index contributed by atoms with van der Waals surface area (Å²) in [6.07, 6.45) is 2.35. The van der Waals surface area contributed by atoms with Gasteiger partial charge in [-0.25, -0.2) is 4.68 Å². The molecule has 6 heteroatoms. The number of para-hydroxylation sites is 1. The van der Waals surface area contributed by atoms with E-state index in [0.717, 1.165) is 23.6 Å². The Hall–Kier alpha value is -2.44. The Kier molecular flexibility index (Phi) is 4.15. The van der Waals surface area contributed by atoms with Gasteiger partial charge < -0.3 is 10.2 Å². The number of anilines is 1. The van der Waals surface area contributed by atoms with E-state index in [1.165, 1.54) is 10.4 Å². The zero-order chi connectivity index (χ0) is 17.4. The second kappa shape index (κ2) is 6.46. The van der Waals surface area contributed by atoms with Crippen LogP contribution in [-0.2, 0) is 11.3 Å². The highest BCUT2D eigenvalue weighted by molar-refractivity contribution is 7.10. The van der Waals surface area contributed by atoms with Gasteiger partial charge in [0.05, 0.1) is 11.9 Å². The minimum absolute atomic E-state index is 0.0396. The number of amides is 1. The molecule has 0 saturated carbocycles. The van der Waals surface area contributed by atoms with Crippen LogP contribution >= 0.6 is 11.3 Å². The molecule has 0 aliphatic carbocycles. The summed E-state index contributed by atoms with van der Waals surface area (Å²) in [5.74, 6) is 0.898. The molecule has 1 aromatic carbocycles. The van der Waals surface area contributed by atoms with Crippen molar-refractivity contribution in [3.05, 3.63) is 64.0 Å². The van der Waals surface area contributed by atoms with Crippen LogP contribution in [0.1, 0.15) is 28.3 Å². The van der Waals surface area contributed by atoms with Crippen molar-refractivity contribution >= 4 is 23.1 Å². The Morgan fingerprint density at radius 1 is 1.32 bits per heavy atom. The number of fused-ring (bicyclic) bond motifs is 1. The summed E-state index contributed by atoms with van der Waals surface area (Å²) in [6.45, 7) is 0.908. The summed E-state index contributed by atoms with van der Waals surface area (Å²) < 4.78 is 1.81. The maximum atomic E-state index is 12.3. The molecule has 1 aliphatic rings. The van der Waals surface area contributed by atoms with E-state index in [9.17, 15) is 4.79 Å². The summed E-state index contributed by atoms with van der Waals surface area (Å²) >= 11 is 1.73.